The minimum absolute atomic E-state index is 0.0964. The van der Waals surface area contributed by atoms with Gasteiger partial charge in [-0.25, -0.2) is 4.98 Å². The van der Waals surface area contributed by atoms with Crippen LogP contribution < -0.4 is 4.90 Å². The van der Waals surface area contributed by atoms with Gasteiger partial charge in [-0.05, 0) is 37.9 Å². The molecule has 0 saturated carbocycles. The molecule has 2 aromatic rings. The molecule has 2 heterocycles. The zero-order chi connectivity index (χ0) is 13.3. The van der Waals surface area contributed by atoms with Gasteiger partial charge in [-0.3, -0.25) is 0 Å². The summed E-state index contributed by atoms with van der Waals surface area (Å²) >= 11 is 7.61. The van der Waals surface area contributed by atoms with E-state index in [1.54, 1.807) is 11.3 Å². The zero-order valence-electron chi connectivity index (χ0n) is 10.7. The summed E-state index contributed by atoms with van der Waals surface area (Å²) in [7, 11) is 0. The summed E-state index contributed by atoms with van der Waals surface area (Å²) in [6, 6.07) is 0. The summed E-state index contributed by atoms with van der Waals surface area (Å²) in [4.78, 5) is 12.8. The lowest BCUT2D eigenvalue weighted by Gasteiger charge is -2.21. The van der Waals surface area contributed by atoms with Gasteiger partial charge in [0.1, 0.15) is 10.6 Å². The van der Waals surface area contributed by atoms with E-state index in [2.05, 4.69) is 23.8 Å². The molecule has 1 N–H and O–H groups in total. The molecule has 0 saturated heterocycles. The maximum Gasteiger partial charge on any atom is 0.225 e. The largest absolute Gasteiger partial charge is 0.395 e. The van der Waals surface area contributed by atoms with Crippen LogP contribution in [-0.4, -0.2) is 34.8 Å². The number of likely N-dealkylation sites (N-methyl/N-ethyl adjacent to an activating group) is 1. The molecule has 0 fully saturated rings. The maximum absolute atomic E-state index is 9.13. The first-order valence-electron chi connectivity index (χ1n) is 5.87. The number of rotatable bonds is 4. The summed E-state index contributed by atoms with van der Waals surface area (Å²) in [6.45, 7) is 7.60. The fourth-order valence-electron chi connectivity index (χ4n) is 1.97. The molecule has 0 aliphatic heterocycles. The van der Waals surface area contributed by atoms with Gasteiger partial charge in [0.15, 0.2) is 0 Å². The molecule has 98 valence electrons. The van der Waals surface area contributed by atoms with Crippen molar-refractivity contribution < 1.29 is 5.11 Å². The van der Waals surface area contributed by atoms with Crippen molar-refractivity contribution in [1.29, 1.82) is 0 Å². The van der Waals surface area contributed by atoms with Gasteiger partial charge in [-0.15, -0.1) is 11.3 Å². The molecule has 0 aliphatic carbocycles. The Labute approximate surface area is 115 Å². The lowest BCUT2D eigenvalue weighted by Crippen LogP contribution is -2.27. The van der Waals surface area contributed by atoms with Crippen molar-refractivity contribution >= 4 is 39.0 Å². The standard InChI is InChI=1S/C12H16ClN3OS/c1-4-16(5-6-17)10-9-7(2)8(3)18-11(9)15-12(13)14-10/h17H,4-6H2,1-3H3. The van der Waals surface area contributed by atoms with Crippen LogP contribution in [0.15, 0.2) is 0 Å². The monoisotopic (exact) mass is 285 g/mol. The average Bonchev–Trinajstić information content (AvgIpc) is 2.61. The number of aromatic nitrogens is 2. The Hall–Kier alpha value is -0.910. The van der Waals surface area contributed by atoms with Crippen molar-refractivity contribution in [2.45, 2.75) is 20.8 Å². The summed E-state index contributed by atoms with van der Waals surface area (Å²) in [5.41, 5.74) is 1.19. The van der Waals surface area contributed by atoms with Crippen LogP contribution in [0.3, 0.4) is 0 Å². The first-order valence-corrected chi connectivity index (χ1v) is 7.07. The molecule has 0 amide bonds. The molecule has 0 aromatic carbocycles. The molecule has 6 heteroatoms. The minimum atomic E-state index is 0.0964. The van der Waals surface area contributed by atoms with E-state index in [1.807, 2.05) is 11.8 Å². The Bertz CT molecular complexity index is 570. The highest BCUT2D eigenvalue weighted by Gasteiger charge is 2.17. The summed E-state index contributed by atoms with van der Waals surface area (Å²) in [6.07, 6.45) is 0. The Morgan fingerprint density at radius 3 is 2.67 bits per heavy atom. The number of nitrogens with zero attached hydrogens (tertiary/aromatic N) is 3. The van der Waals surface area contributed by atoms with Crippen LogP contribution in [-0.2, 0) is 0 Å². The molecule has 0 unspecified atom stereocenters. The van der Waals surface area contributed by atoms with Crippen molar-refractivity contribution in [2.24, 2.45) is 0 Å². The highest BCUT2D eigenvalue weighted by molar-refractivity contribution is 7.18. The van der Waals surface area contributed by atoms with Crippen LogP contribution >= 0.6 is 22.9 Å². The van der Waals surface area contributed by atoms with Crippen molar-refractivity contribution in [3.8, 4) is 0 Å². The van der Waals surface area contributed by atoms with E-state index in [0.717, 1.165) is 22.6 Å². The predicted molar refractivity (Wildman–Crippen MR) is 76.9 cm³/mol. The van der Waals surface area contributed by atoms with E-state index in [4.69, 9.17) is 16.7 Å². The van der Waals surface area contributed by atoms with Crippen LogP contribution in [0.2, 0.25) is 5.28 Å². The predicted octanol–water partition coefficient (Wildman–Crippen LogP) is 2.78. The quantitative estimate of drug-likeness (QED) is 0.878. The van der Waals surface area contributed by atoms with E-state index in [1.165, 1.54) is 10.4 Å². The molecule has 0 atom stereocenters. The SMILES string of the molecule is CCN(CCO)c1nc(Cl)nc2sc(C)c(C)c12. The molecule has 18 heavy (non-hydrogen) atoms. The van der Waals surface area contributed by atoms with E-state index in [0.29, 0.717) is 6.54 Å². The van der Waals surface area contributed by atoms with Gasteiger partial charge in [-0.1, -0.05) is 0 Å². The number of aryl methyl sites for hydroxylation is 2. The fraction of sp³-hybridized carbons (Fsp3) is 0.500. The smallest absolute Gasteiger partial charge is 0.225 e. The van der Waals surface area contributed by atoms with Crippen molar-refractivity contribution in [3.05, 3.63) is 15.7 Å². The fourth-order valence-corrected chi connectivity index (χ4v) is 3.20. The van der Waals surface area contributed by atoms with E-state index in [9.17, 15) is 0 Å². The lowest BCUT2D eigenvalue weighted by atomic mass is 10.2. The number of aliphatic hydroxyl groups is 1. The third-order valence-corrected chi connectivity index (χ3v) is 4.30. The van der Waals surface area contributed by atoms with Crippen molar-refractivity contribution in [3.63, 3.8) is 0 Å². The van der Waals surface area contributed by atoms with Crippen LogP contribution in [0.5, 0.6) is 0 Å². The van der Waals surface area contributed by atoms with Crippen LogP contribution in [0.1, 0.15) is 17.4 Å². The van der Waals surface area contributed by atoms with Gasteiger partial charge in [0, 0.05) is 18.0 Å². The molecule has 2 rings (SSSR count). The highest BCUT2D eigenvalue weighted by Crippen LogP contribution is 2.35. The topological polar surface area (TPSA) is 49.2 Å². The van der Waals surface area contributed by atoms with Crippen molar-refractivity contribution in [1.82, 2.24) is 9.97 Å². The lowest BCUT2D eigenvalue weighted by molar-refractivity contribution is 0.302. The second-order valence-electron chi connectivity index (χ2n) is 4.08. The number of thiophene rings is 1. The molecule has 0 spiro atoms. The minimum Gasteiger partial charge on any atom is -0.395 e. The van der Waals surface area contributed by atoms with E-state index >= 15 is 0 Å². The number of hydrogen-bond donors (Lipinski definition) is 1. The van der Waals surface area contributed by atoms with E-state index < -0.39 is 0 Å². The number of hydrogen-bond acceptors (Lipinski definition) is 5. The third kappa shape index (κ3) is 2.30. The first-order chi connectivity index (χ1) is 8.58. The van der Waals surface area contributed by atoms with Crippen molar-refractivity contribution in [2.75, 3.05) is 24.6 Å². The number of anilines is 1. The Balaban J connectivity index is 2.67. The van der Waals surface area contributed by atoms with Crippen LogP contribution in [0, 0.1) is 13.8 Å². The van der Waals surface area contributed by atoms with Gasteiger partial charge in [0.05, 0.1) is 12.0 Å². The molecular formula is C12H16ClN3OS. The van der Waals surface area contributed by atoms with Gasteiger partial charge in [-0.2, -0.15) is 4.98 Å². The summed E-state index contributed by atoms with van der Waals surface area (Å²) in [5, 5.41) is 10.4. The Morgan fingerprint density at radius 1 is 1.33 bits per heavy atom. The zero-order valence-corrected chi connectivity index (χ0v) is 12.3. The third-order valence-electron chi connectivity index (χ3n) is 3.03. The average molecular weight is 286 g/mol. The Kier molecular flexibility index (Phi) is 4.04. The second kappa shape index (κ2) is 5.38. The first kappa shape index (κ1) is 13.5. The number of fused-ring (bicyclic) bond motifs is 1. The molecular weight excluding hydrogens is 270 g/mol. The van der Waals surface area contributed by atoms with E-state index in [-0.39, 0.29) is 11.9 Å². The van der Waals surface area contributed by atoms with Gasteiger partial charge >= 0.3 is 0 Å². The molecule has 4 nitrogen and oxygen atoms in total. The molecule has 0 bridgehead atoms. The maximum atomic E-state index is 9.13. The van der Waals surface area contributed by atoms with Gasteiger partial charge in [0.2, 0.25) is 5.28 Å². The second-order valence-corrected chi connectivity index (χ2v) is 5.62. The number of aliphatic hydroxyl groups excluding tert-OH is 1. The normalized spacial score (nSPS) is 11.2. The molecule has 2 aromatic heterocycles. The number of halogens is 1. The summed E-state index contributed by atoms with van der Waals surface area (Å²) < 4.78 is 0. The molecule has 0 radical (unpaired) electrons. The Morgan fingerprint density at radius 2 is 2.06 bits per heavy atom. The van der Waals surface area contributed by atoms with Crippen LogP contribution in [0.4, 0.5) is 5.82 Å². The molecule has 0 aliphatic rings. The van der Waals surface area contributed by atoms with Gasteiger partial charge in [0.25, 0.3) is 0 Å². The highest BCUT2D eigenvalue weighted by atomic mass is 35.5. The van der Waals surface area contributed by atoms with Crippen LogP contribution in [0.25, 0.3) is 10.2 Å². The van der Waals surface area contributed by atoms with Gasteiger partial charge < -0.3 is 10.0 Å². The summed E-state index contributed by atoms with van der Waals surface area (Å²) in [5.74, 6) is 0.823.